The summed E-state index contributed by atoms with van der Waals surface area (Å²) in [5, 5.41) is 2.97. The van der Waals surface area contributed by atoms with Crippen molar-refractivity contribution in [3.05, 3.63) is 89.5 Å². The largest absolute Gasteiger partial charge is 0.494 e. The van der Waals surface area contributed by atoms with Crippen LogP contribution in [0.4, 0.5) is 5.69 Å². The summed E-state index contributed by atoms with van der Waals surface area (Å²) < 4.78 is 11.4. The molecular formula is C25H27NO3. The highest BCUT2D eigenvalue weighted by atomic mass is 16.5. The van der Waals surface area contributed by atoms with Crippen LogP contribution in [0, 0.1) is 13.8 Å². The van der Waals surface area contributed by atoms with Gasteiger partial charge in [-0.25, -0.2) is 0 Å². The Hall–Kier alpha value is -3.27. The minimum atomic E-state index is -0.122. The number of benzene rings is 3. The van der Waals surface area contributed by atoms with Crippen molar-refractivity contribution < 1.29 is 14.3 Å². The Labute approximate surface area is 172 Å². The average molecular weight is 389 g/mol. The lowest BCUT2D eigenvalue weighted by Crippen LogP contribution is -2.13. The van der Waals surface area contributed by atoms with E-state index in [0.717, 1.165) is 41.2 Å². The monoisotopic (exact) mass is 389 g/mol. The van der Waals surface area contributed by atoms with Crippen molar-refractivity contribution in [3.63, 3.8) is 0 Å². The average Bonchev–Trinajstić information content (AvgIpc) is 2.75. The molecule has 4 nitrogen and oxygen atoms in total. The first-order chi connectivity index (χ1) is 14.1. The molecule has 3 aromatic rings. The van der Waals surface area contributed by atoms with Gasteiger partial charge in [0.1, 0.15) is 11.5 Å². The van der Waals surface area contributed by atoms with E-state index in [-0.39, 0.29) is 5.91 Å². The van der Waals surface area contributed by atoms with Crippen LogP contribution in [0.3, 0.4) is 0 Å². The maximum atomic E-state index is 12.5. The predicted molar refractivity (Wildman–Crippen MR) is 117 cm³/mol. The summed E-state index contributed by atoms with van der Waals surface area (Å²) in [5.41, 5.74) is 3.68. The molecule has 3 aromatic carbocycles. The number of rotatable bonds is 9. The number of carbonyl (C=O) groups excluding carboxylic acids is 1. The third kappa shape index (κ3) is 6.11. The molecule has 0 atom stereocenters. The second-order valence-electron chi connectivity index (χ2n) is 6.94. The lowest BCUT2D eigenvalue weighted by atomic mass is 10.1. The normalized spacial score (nSPS) is 10.4. The molecule has 0 aliphatic carbocycles. The van der Waals surface area contributed by atoms with Crippen LogP contribution in [-0.2, 0) is 0 Å². The zero-order valence-corrected chi connectivity index (χ0v) is 17.0. The summed E-state index contributed by atoms with van der Waals surface area (Å²) in [6.07, 6.45) is 1.83. The molecule has 0 heterocycles. The molecule has 3 rings (SSSR count). The summed E-state index contributed by atoms with van der Waals surface area (Å²) in [6, 6.07) is 22.9. The van der Waals surface area contributed by atoms with Crippen LogP contribution >= 0.6 is 0 Å². The highest BCUT2D eigenvalue weighted by Gasteiger charge is 2.08. The smallest absolute Gasteiger partial charge is 0.255 e. The van der Waals surface area contributed by atoms with E-state index in [2.05, 4.69) is 5.32 Å². The summed E-state index contributed by atoms with van der Waals surface area (Å²) >= 11 is 0. The van der Waals surface area contributed by atoms with Crippen molar-refractivity contribution in [2.24, 2.45) is 0 Å². The Morgan fingerprint density at radius 2 is 1.38 bits per heavy atom. The molecule has 0 radical (unpaired) electrons. The molecule has 0 fully saturated rings. The number of para-hydroxylation sites is 1. The van der Waals surface area contributed by atoms with Crippen molar-refractivity contribution in [1.29, 1.82) is 0 Å². The van der Waals surface area contributed by atoms with Crippen LogP contribution in [0.1, 0.15) is 34.3 Å². The topological polar surface area (TPSA) is 47.6 Å². The van der Waals surface area contributed by atoms with Crippen molar-refractivity contribution >= 4 is 11.6 Å². The first kappa shape index (κ1) is 20.5. The molecular weight excluding hydrogens is 362 g/mol. The predicted octanol–water partition coefficient (Wildman–Crippen LogP) is 5.79. The molecule has 0 saturated heterocycles. The molecule has 1 amide bonds. The Kier molecular flexibility index (Phi) is 7.28. The molecule has 4 heteroatoms. The second-order valence-corrected chi connectivity index (χ2v) is 6.94. The summed E-state index contributed by atoms with van der Waals surface area (Å²) in [6.45, 7) is 5.33. The van der Waals surface area contributed by atoms with Crippen molar-refractivity contribution in [2.75, 3.05) is 18.5 Å². The lowest BCUT2D eigenvalue weighted by Gasteiger charge is -2.11. The van der Waals surface area contributed by atoms with Crippen LogP contribution in [0.5, 0.6) is 11.5 Å². The molecule has 0 aliphatic rings. The number of nitrogens with one attached hydrogen (secondary N) is 1. The van der Waals surface area contributed by atoms with Gasteiger partial charge in [0.15, 0.2) is 0 Å². The van der Waals surface area contributed by atoms with Gasteiger partial charge in [0.05, 0.1) is 13.2 Å². The van der Waals surface area contributed by atoms with E-state index in [0.29, 0.717) is 18.8 Å². The zero-order valence-electron chi connectivity index (χ0n) is 17.0. The number of anilines is 1. The fourth-order valence-corrected chi connectivity index (χ4v) is 2.88. The van der Waals surface area contributed by atoms with E-state index in [1.54, 1.807) is 12.1 Å². The number of hydrogen-bond acceptors (Lipinski definition) is 3. The van der Waals surface area contributed by atoms with Gasteiger partial charge in [-0.05, 0) is 80.3 Å². The number of carbonyl (C=O) groups is 1. The molecule has 0 spiro atoms. The Bertz CT molecular complexity index is 921. The van der Waals surface area contributed by atoms with Gasteiger partial charge in [0, 0.05) is 11.3 Å². The van der Waals surface area contributed by atoms with Crippen LogP contribution < -0.4 is 14.8 Å². The van der Waals surface area contributed by atoms with Crippen LogP contribution in [-0.4, -0.2) is 19.1 Å². The summed E-state index contributed by atoms with van der Waals surface area (Å²) in [5.74, 6) is 1.53. The van der Waals surface area contributed by atoms with Gasteiger partial charge >= 0.3 is 0 Å². The third-order valence-corrected chi connectivity index (χ3v) is 4.79. The molecule has 0 aromatic heterocycles. The molecule has 0 unspecified atom stereocenters. The van der Waals surface area contributed by atoms with Gasteiger partial charge in [0.2, 0.25) is 0 Å². The Morgan fingerprint density at radius 1 is 0.759 bits per heavy atom. The van der Waals surface area contributed by atoms with Gasteiger partial charge in [-0.3, -0.25) is 4.79 Å². The third-order valence-electron chi connectivity index (χ3n) is 4.79. The van der Waals surface area contributed by atoms with Crippen LogP contribution in [0.25, 0.3) is 0 Å². The SMILES string of the molecule is Cc1cccc(NC(=O)c2ccc(OCCCCOc3ccccc3)cc2)c1C. The van der Waals surface area contributed by atoms with Crippen molar-refractivity contribution in [3.8, 4) is 11.5 Å². The molecule has 150 valence electrons. The first-order valence-electron chi connectivity index (χ1n) is 9.92. The lowest BCUT2D eigenvalue weighted by molar-refractivity contribution is 0.102. The molecule has 1 N–H and O–H groups in total. The van der Waals surface area contributed by atoms with Gasteiger partial charge < -0.3 is 14.8 Å². The number of hydrogen-bond donors (Lipinski definition) is 1. The number of ether oxygens (including phenoxy) is 2. The van der Waals surface area contributed by atoms with Gasteiger partial charge in [0.25, 0.3) is 5.91 Å². The number of amides is 1. The van der Waals surface area contributed by atoms with E-state index in [1.807, 2.05) is 74.5 Å². The van der Waals surface area contributed by atoms with E-state index < -0.39 is 0 Å². The summed E-state index contributed by atoms with van der Waals surface area (Å²) in [4.78, 5) is 12.5. The standard InChI is InChI=1S/C25H27NO3/c1-19-9-8-12-24(20(19)2)26-25(27)21-13-15-23(16-14-21)29-18-7-6-17-28-22-10-4-3-5-11-22/h3-5,8-16H,6-7,17-18H2,1-2H3,(H,26,27). The fourth-order valence-electron chi connectivity index (χ4n) is 2.88. The van der Waals surface area contributed by atoms with Crippen LogP contribution in [0.2, 0.25) is 0 Å². The molecule has 0 bridgehead atoms. The van der Waals surface area contributed by atoms with E-state index in [4.69, 9.17) is 9.47 Å². The van der Waals surface area contributed by atoms with E-state index in [1.165, 1.54) is 0 Å². The van der Waals surface area contributed by atoms with E-state index in [9.17, 15) is 4.79 Å². The zero-order chi connectivity index (χ0) is 20.5. The first-order valence-corrected chi connectivity index (χ1v) is 9.92. The summed E-state index contributed by atoms with van der Waals surface area (Å²) in [7, 11) is 0. The maximum Gasteiger partial charge on any atom is 0.255 e. The van der Waals surface area contributed by atoms with Crippen molar-refractivity contribution in [2.45, 2.75) is 26.7 Å². The van der Waals surface area contributed by atoms with E-state index >= 15 is 0 Å². The highest BCUT2D eigenvalue weighted by molar-refractivity contribution is 6.04. The minimum absolute atomic E-state index is 0.122. The molecule has 29 heavy (non-hydrogen) atoms. The highest BCUT2D eigenvalue weighted by Crippen LogP contribution is 2.20. The Morgan fingerprint density at radius 3 is 2.03 bits per heavy atom. The minimum Gasteiger partial charge on any atom is -0.494 e. The van der Waals surface area contributed by atoms with Crippen molar-refractivity contribution in [1.82, 2.24) is 0 Å². The molecule has 0 saturated carbocycles. The number of aryl methyl sites for hydroxylation is 1. The second kappa shape index (κ2) is 10.3. The van der Waals surface area contributed by atoms with Gasteiger partial charge in [-0.15, -0.1) is 0 Å². The Balaban J connectivity index is 1.40. The van der Waals surface area contributed by atoms with Gasteiger partial charge in [-0.2, -0.15) is 0 Å². The van der Waals surface area contributed by atoms with Crippen LogP contribution in [0.15, 0.2) is 72.8 Å². The number of unbranched alkanes of at least 4 members (excludes halogenated alkanes) is 1. The quantitative estimate of drug-likeness (QED) is 0.471. The van der Waals surface area contributed by atoms with Gasteiger partial charge in [-0.1, -0.05) is 30.3 Å². The molecule has 0 aliphatic heterocycles. The maximum absolute atomic E-state index is 12.5. The fraction of sp³-hybridized carbons (Fsp3) is 0.240.